The smallest absolute Gasteiger partial charge is 0.321 e. The fourth-order valence-corrected chi connectivity index (χ4v) is 5.79. The van der Waals surface area contributed by atoms with Crippen molar-refractivity contribution in [1.29, 1.82) is 0 Å². The normalized spacial score (nSPS) is 33.2. The Kier molecular flexibility index (Phi) is 4.20. The third-order valence-corrected chi connectivity index (χ3v) is 6.42. The fraction of sp³-hybridized carbons (Fsp3) is 0.647. The monoisotopic (exact) mass is 346 g/mol. The first kappa shape index (κ1) is 15.9. The highest BCUT2D eigenvalue weighted by Gasteiger charge is 2.51. The number of nitrogens with zero attached hydrogens (tertiary/aromatic N) is 2. The molecule has 7 heteroatoms. The maximum atomic E-state index is 12.3. The van der Waals surface area contributed by atoms with Gasteiger partial charge in [-0.25, -0.2) is 14.8 Å². The van der Waals surface area contributed by atoms with E-state index < -0.39 is 0 Å². The second-order valence-electron chi connectivity index (χ2n) is 7.52. The van der Waals surface area contributed by atoms with Gasteiger partial charge in [-0.2, -0.15) is 0 Å². The number of carbonyl (C=O) groups is 2. The van der Waals surface area contributed by atoms with Crippen LogP contribution in [-0.2, 0) is 4.79 Å². The van der Waals surface area contributed by atoms with E-state index in [-0.39, 0.29) is 23.2 Å². The third kappa shape index (κ3) is 3.41. The largest absolute Gasteiger partial charge is 0.332 e. The van der Waals surface area contributed by atoms with Crippen LogP contribution < -0.4 is 10.6 Å². The van der Waals surface area contributed by atoms with E-state index >= 15 is 0 Å². The number of carbonyl (C=O) groups excluding carboxylic acids is 2. The molecule has 6 nitrogen and oxygen atoms in total. The first-order valence-corrected chi connectivity index (χ1v) is 9.61. The van der Waals surface area contributed by atoms with Crippen molar-refractivity contribution in [2.75, 3.05) is 5.75 Å². The van der Waals surface area contributed by atoms with Crippen molar-refractivity contribution in [3.05, 3.63) is 18.5 Å². The van der Waals surface area contributed by atoms with E-state index in [0.717, 1.165) is 37.0 Å². The van der Waals surface area contributed by atoms with Crippen LogP contribution in [0.3, 0.4) is 0 Å². The molecular formula is C17H22N4O2S. The Bertz CT molecular complexity index is 601. The molecule has 1 aromatic rings. The predicted molar refractivity (Wildman–Crippen MR) is 90.3 cm³/mol. The zero-order valence-corrected chi connectivity index (χ0v) is 14.3. The van der Waals surface area contributed by atoms with Crippen LogP contribution in [0.1, 0.15) is 38.5 Å². The molecule has 4 bridgehead atoms. The van der Waals surface area contributed by atoms with Gasteiger partial charge in [0.1, 0.15) is 0 Å². The van der Waals surface area contributed by atoms with E-state index in [1.54, 1.807) is 18.5 Å². The Morgan fingerprint density at radius 3 is 2.25 bits per heavy atom. The number of aromatic nitrogens is 2. The second kappa shape index (κ2) is 6.35. The van der Waals surface area contributed by atoms with Crippen molar-refractivity contribution in [3.8, 4) is 0 Å². The quantitative estimate of drug-likeness (QED) is 0.646. The minimum absolute atomic E-state index is 0.0746. The van der Waals surface area contributed by atoms with Crippen molar-refractivity contribution in [1.82, 2.24) is 20.6 Å². The van der Waals surface area contributed by atoms with Gasteiger partial charge in [-0.1, -0.05) is 11.8 Å². The number of imide groups is 1. The van der Waals surface area contributed by atoms with E-state index in [9.17, 15) is 9.59 Å². The lowest BCUT2D eigenvalue weighted by molar-refractivity contribution is -0.117. The van der Waals surface area contributed by atoms with Crippen LogP contribution >= 0.6 is 11.8 Å². The van der Waals surface area contributed by atoms with E-state index in [2.05, 4.69) is 20.6 Å². The number of nitrogens with one attached hydrogen (secondary N) is 2. The molecule has 24 heavy (non-hydrogen) atoms. The number of thioether (sulfide) groups is 1. The van der Waals surface area contributed by atoms with Crippen LogP contribution in [0.15, 0.2) is 23.6 Å². The minimum atomic E-state index is -0.350. The molecule has 0 aromatic carbocycles. The molecule has 0 spiro atoms. The number of hydrogen-bond acceptors (Lipinski definition) is 5. The van der Waals surface area contributed by atoms with E-state index in [0.29, 0.717) is 5.16 Å². The summed E-state index contributed by atoms with van der Waals surface area (Å²) in [5.41, 5.74) is -0.0746. The molecule has 128 valence electrons. The van der Waals surface area contributed by atoms with Gasteiger partial charge in [0.25, 0.3) is 0 Å². The number of hydrogen-bond donors (Lipinski definition) is 2. The van der Waals surface area contributed by atoms with Crippen LogP contribution in [0.2, 0.25) is 0 Å². The number of rotatable bonds is 4. The highest BCUT2D eigenvalue weighted by molar-refractivity contribution is 7.99. The van der Waals surface area contributed by atoms with Gasteiger partial charge in [0.2, 0.25) is 5.91 Å². The lowest BCUT2D eigenvalue weighted by atomic mass is 9.53. The molecule has 0 atom stereocenters. The summed E-state index contributed by atoms with van der Waals surface area (Å²) in [5.74, 6) is 2.11. The Morgan fingerprint density at radius 2 is 1.67 bits per heavy atom. The third-order valence-electron chi connectivity index (χ3n) is 5.54. The number of urea groups is 1. The first-order chi connectivity index (χ1) is 11.6. The van der Waals surface area contributed by atoms with Gasteiger partial charge < -0.3 is 5.32 Å². The van der Waals surface area contributed by atoms with E-state index in [1.807, 2.05) is 0 Å². The summed E-state index contributed by atoms with van der Waals surface area (Å²) in [5, 5.41) is 6.14. The standard InChI is InChI=1S/C17H22N4O2S/c22-14(10-24-16-18-2-1-3-19-16)20-15(23)21-17-7-11-4-12(8-17)6-13(5-11)9-17/h1-3,11-13H,4-10H2,(H2,20,21,22,23). The molecule has 0 radical (unpaired) electrons. The summed E-state index contributed by atoms with van der Waals surface area (Å²) in [6.07, 6.45) is 10.5. The van der Waals surface area contributed by atoms with Crippen LogP contribution in [0.5, 0.6) is 0 Å². The zero-order chi connectivity index (χ0) is 16.6. The lowest BCUT2D eigenvalue weighted by Gasteiger charge is -2.56. The van der Waals surface area contributed by atoms with Crippen molar-refractivity contribution in [2.45, 2.75) is 49.2 Å². The molecule has 4 saturated carbocycles. The highest BCUT2D eigenvalue weighted by Crippen LogP contribution is 2.55. The molecule has 5 rings (SSSR count). The van der Waals surface area contributed by atoms with Crippen LogP contribution in [-0.4, -0.2) is 33.2 Å². The summed E-state index contributed by atoms with van der Waals surface area (Å²) in [4.78, 5) is 32.3. The van der Waals surface area contributed by atoms with Gasteiger partial charge in [0, 0.05) is 17.9 Å². The average molecular weight is 346 g/mol. The summed E-state index contributed by atoms with van der Waals surface area (Å²) in [6.45, 7) is 0. The molecule has 4 fully saturated rings. The first-order valence-electron chi connectivity index (χ1n) is 8.62. The molecule has 3 amide bonds. The predicted octanol–water partition coefficient (Wildman–Crippen LogP) is 2.36. The van der Waals surface area contributed by atoms with Gasteiger partial charge in [-0.3, -0.25) is 10.1 Å². The summed E-state index contributed by atoms with van der Waals surface area (Å²) < 4.78 is 0. The minimum Gasteiger partial charge on any atom is -0.332 e. The van der Waals surface area contributed by atoms with Crippen molar-refractivity contribution < 1.29 is 9.59 Å². The fourth-order valence-electron chi connectivity index (χ4n) is 5.19. The topological polar surface area (TPSA) is 84.0 Å². The zero-order valence-electron chi connectivity index (χ0n) is 13.5. The van der Waals surface area contributed by atoms with E-state index in [4.69, 9.17) is 0 Å². The van der Waals surface area contributed by atoms with Gasteiger partial charge in [-0.15, -0.1) is 0 Å². The molecule has 1 heterocycles. The van der Waals surface area contributed by atoms with Crippen molar-refractivity contribution >= 4 is 23.7 Å². The van der Waals surface area contributed by atoms with Gasteiger partial charge >= 0.3 is 6.03 Å². The van der Waals surface area contributed by atoms with Crippen molar-refractivity contribution in [2.24, 2.45) is 17.8 Å². The van der Waals surface area contributed by atoms with Gasteiger partial charge in [0.05, 0.1) is 5.75 Å². The summed E-state index contributed by atoms with van der Waals surface area (Å²) in [7, 11) is 0. The molecule has 0 unspecified atom stereocenters. The average Bonchev–Trinajstić information content (AvgIpc) is 2.52. The Balaban J connectivity index is 1.28. The Morgan fingerprint density at radius 1 is 1.08 bits per heavy atom. The molecule has 4 aliphatic rings. The van der Waals surface area contributed by atoms with Gasteiger partial charge in [-0.05, 0) is 62.3 Å². The molecule has 0 saturated heterocycles. The molecular weight excluding hydrogens is 324 g/mol. The summed E-state index contributed by atoms with van der Waals surface area (Å²) >= 11 is 1.23. The Hall–Kier alpha value is -1.63. The second-order valence-corrected chi connectivity index (χ2v) is 8.46. The summed E-state index contributed by atoms with van der Waals surface area (Å²) in [6, 6.07) is 1.37. The maximum Gasteiger partial charge on any atom is 0.321 e. The maximum absolute atomic E-state index is 12.3. The van der Waals surface area contributed by atoms with Crippen LogP contribution in [0.25, 0.3) is 0 Å². The molecule has 0 aliphatic heterocycles. The number of amides is 3. The SMILES string of the molecule is O=C(CSc1ncccn1)NC(=O)NC12CC3CC(CC(C3)C1)C2. The van der Waals surface area contributed by atoms with E-state index in [1.165, 1.54) is 31.0 Å². The van der Waals surface area contributed by atoms with Gasteiger partial charge in [0.15, 0.2) is 5.16 Å². The van der Waals surface area contributed by atoms with Crippen molar-refractivity contribution in [3.63, 3.8) is 0 Å². The molecule has 2 N–H and O–H groups in total. The molecule has 1 aromatic heterocycles. The van der Waals surface area contributed by atoms with Crippen LogP contribution in [0.4, 0.5) is 4.79 Å². The lowest BCUT2D eigenvalue weighted by Crippen LogP contribution is -2.61. The highest BCUT2D eigenvalue weighted by atomic mass is 32.2. The molecule has 4 aliphatic carbocycles. The van der Waals surface area contributed by atoms with Crippen LogP contribution in [0, 0.1) is 17.8 Å². The Labute approximate surface area is 145 Å².